The van der Waals surface area contributed by atoms with Crippen LogP contribution in [0.3, 0.4) is 0 Å². The van der Waals surface area contributed by atoms with Crippen LogP contribution in [-0.2, 0) is 4.79 Å². The fourth-order valence-electron chi connectivity index (χ4n) is 1.42. The highest BCUT2D eigenvalue weighted by molar-refractivity contribution is 5.79. The summed E-state index contributed by atoms with van der Waals surface area (Å²) < 4.78 is 0. The largest absolute Gasteiger partial charge is 0.391 e. The van der Waals surface area contributed by atoms with Gasteiger partial charge >= 0.3 is 0 Å². The third kappa shape index (κ3) is 6.64. The van der Waals surface area contributed by atoms with Crippen LogP contribution in [0.2, 0.25) is 0 Å². The first-order valence-corrected chi connectivity index (χ1v) is 6.42. The highest BCUT2D eigenvalue weighted by atomic mass is 16.3. The molecule has 0 aliphatic carbocycles. The predicted octanol–water partition coefficient (Wildman–Crippen LogP) is 1.42. The van der Waals surface area contributed by atoms with Crippen molar-refractivity contribution in [1.82, 2.24) is 5.32 Å². The van der Waals surface area contributed by atoms with Gasteiger partial charge < -0.3 is 16.2 Å². The molecule has 0 bridgehead atoms. The number of amides is 1. The standard InChI is InChI=1S/C13H28N2O2/c1-9(7-6-8-10(2)14)12(17)15-13(4,5)11(3)16/h9-11,16H,6-8,14H2,1-5H3,(H,15,17). The maximum atomic E-state index is 11.9. The lowest BCUT2D eigenvalue weighted by atomic mass is 9.95. The zero-order valence-electron chi connectivity index (χ0n) is 11.8. The van der Waals surface area contributed by atoms with Gasteiger partial charge in [-0.3, -0.25) is 4.79 Å². The van der Waals surface area contributed by atoms with E-state index < -0.39 is 11.6 Å². The Labute approximate surface area is 105 Å². The van der Waals surface area contributed by atoms with Crippen LogP contribution in [0, 0.1) is 5.92 Å². The van der Waals surface area contributed by atoms with E-state index in [1.165, 1.54) is 0 Å². The Hall–Kier alpha value is -0.610. The van der Waals surface area contributed by atoms with Crippen LogP contribution >= 0.6 is 0 Å². The average molecular weight is 244 g/mol. The summed E-state index contributed by atoms with van der Waals surface area (Å²) in [6, 6.07) is 0.194. The Morgan fingerprint density at radius 3 is 2.24 bits per heavy atom. The van der Waals surface area contributed by atoms with E-state index in [1.54, 1.807) is 6.92 Å². The molecule has 0 fully saturated rings. The molecule has 102 valence electrons. The van der Waals surface area contributed by atoms with Crippen molar-refractivity contribution in [3.63, 3.8) is 0 Å². The minimum Gasteiger partial charge on any atom is -0.391 e. The molecule has 0 heterocycles. The SMILES string of the molecule is CC(N)CCCC(C)C(=O)NC(C)(C)C(C)O. The molecule has 0 aromatic carbocycles. The molecule has 0 rings (SSSR count). The van der Waals surface area contributed by atoms with Crippen molar-refractivity contribution in [2.24, 2.45) is 11.7 Å². The summed E-state index contributed by atoms with van der Waals surface area (Å²) in [6.07, 6.45) is 2.17. The van der Waals surface area contributed by atoms with E-state index in [2.05, 4.69) is 5.32 Å². The summed E-state index contributed by atoms with van der Waals surface area (Å²) >= 11 is 0. The lowest BCUT2D eigenvalue weighted by molar-refractivity contribution is -0.127. The van der Waals surface area contributed by atoms with E-state index in [-0.39, 0.29) is 17.9 Å². The lowest BCUT2D eigenvalue weighted by Crippen LogP contribution is -2.52. The van der Waals surface area contributed by atoms with Gasteiger partial charge in [-0.05, 0) is 40.5 Å². The summed E-state index contributed by atoms with van der Waals surface area (Å²) in [5, 5.41) is 12.4. The molecule has 4 heteroatoms. The van der Waals surface area contributed by atoms with Crippen LogP contribution in [0.5, 0.6) is 0 Å². The van der Waals surface area contributed by atoms with Crippen molar-refractivity contribution in [3.8, 4) is 0 Å². The molecule has 3 unspecified atom stereocenters. The van der Waals surface area contributed by atoms with Crippen LogP contribution in [-0.4, -0.2) is 28.7 Å². The highest BCUT2D eigenvalue weighted by Gasteiger charge is 2.27. The van der Waals surface area contributed by atoms with Crippen molar-refractivity contribution >= 4 is 5.91 Å². The van der Waals surface area contributed by atoms with Gasteiger partial charge in [0.15, 0.2) is 0 Å². The van der Waals surface area contributed by atoms with Crippen LogP contribution in [0.25, 0.3) is 0 Å². The molecular weight excluding hydrogens is 216 g/mol. The Balaban J connectivity index is 4.06. The molecule has 0 spiro atoms. The number of aliphatic hydroxyl groups is 1. The van der Waals surface area contributed by atoms with Crippen LogP contribution < -0.4 is 11.1 Å². The normalized spacial score (nSPS) is 17.4. The van der Waals surface area contributed by atoms with Gasteiger partial charge in [-0.2, -0.15) is 0 Å². The van der Waals surface area contributed by atoms with Gasteiger partial charge in [0.25, 0.3) is 0 Å². The van der Waals surface area contributed by atoms with Crippen LogP contribution in [0.4, 0.5) is 0 Å². The minimum atomic E-state index is -0.577. The Morgan fingerprint density at radius 1 is 1.29 bits per heavy atom. The second-order valence-corrected chi connectivity index (χ2v) is 5.70. The van der Waals surface area contributed by atoms with Crippen LogP contribution in [0.1, 0.15) is 53.9 Å². The van der Waals surface area contributed by atoms with Gasteiger partial charge in [0, 0.05) is 12.0 Å². The fraction of sp³-hybridized carbons (Fsp3) is 0.923. The zero-order valence-corrected chi connectivity index (χ0v) is 11.8. The topological polar surface area (TPSA) is 75.4 Å². The van der Waals surface area contributed by atoms with Crippen molar-refractivity contribution in [2.75, 3.05) is 0 Å². The van der Waals surface area contributed by atoms with E-state index in [4.69, 9.17) is 5.73 Å². The number of rotatable bonds is 7. The number of carbonyl (C=O) groups is 1. The molecule has 0 aromatic heterocycles. The number of aliphatic hydroxyl groups excluding tert-OH is 1. The summed E-state index contributed by atoms with van der Waals surface area (Å²) in [5.41, 5.74) is 5.09. The van der Waals surface area contributed by atoms with Gasteiger partial charge in [0.2, 0.25) is 5.91 Å². The van der Waals surface area contributed by atoms with Gasteiger partial charge in [-0.25, -0.2) is 0 Å². The first-order chi connectivity index (χ1) is 7.66. The zero-order chi connectivity index (χ0) is 13.6. The molecule has 4 nitrogen and oxygen atoms in total. The number of nitrogens with two attached hydrogens (primary N) is 1. The third-order valence-corrected chi connectivity index (χ3v) is 3.23. The summed E-state index contributed by atoms with van der Waals surface area (Å²) in [6.45, 7) is 9.21. The molecule has 0 saturated carbocycles. The van der Waals surface area contributed by atoms with Gasteiger partial charge in [0.1, 0.15) is 0 Å². The van der Waals surface area contributed by atoms with Crippen molar-refractivity contribution in [3.05, 3.63) is 0 Å². The van der Waals surface area contributed by atoms with Gasteiger partial charge in [-0.1, -0.05) is 13.3 Å². The quantitative estimate of drug-likeness (QED) is 0.634. The molecule has 0 aliphatic rings. The van der Waals surface area contributed by atoms with E-state index in [9.17, 15) is 9.90 Å². The van der Waals surface area contributed by atoms with Gasteiger partial charge in [0.05, 0.1) is 11.6 Å². The molecule has 4 N–H and O–H groups in total. The maximum Gasteiger partial charge on any atom is 0.223 e. The second kappa shape index (κ2) is 6.97. The molecule has 1 amide bonds. The predicted molar refractivity (Wildman–Crippen MR) is 70.6 cm³/mol. The Kier molecular flexibility index (Phi) is 6.72. The average Bonchev–Trinajstić information content (AvgIpc) is 2.15. The first-order valence-electron chi connectivity index (χ1n) is 6.42. The minimum absolute atomic E-state index is 0.000532. The molecule has 0 aromatic rings. The number of hydrogen-bond acceptors (Lipinski definition) is 3. The number of nitrogens with one attached hydrogen (secondary N) is 1. The molecular formula is C13H28N2O2. The Bertz CT molecular complexity index is 238. The third-order valence-electron chi connectivity index (χ3n) is 3.23. The van der Waals surface area contributed by atoms with Crippen LogP contribution in [0.15, 0.2) is 0 Å². The smallest absolute Gasteiger partial charge is 0.223 e. The monoisotopic (exact) mass is 244 g/mol. The summed E-state index contributed by atoms with van der Waals surface area (Å²) in [7, 11) is 0. The maximum absolute atomic E-state index is 11.9. The molecule has 17 heavy (non-hydrogen) atoms. The molecule has 0 radical (unpaired) electrons. The number of hydrogen-bond donors (Lipinski definition) is 3. The van der Waals surface area contributed by atoms with Crippen molar-refractivity contribution in [2.45, 2.75) is 71.6 Å². The molecule has 0 saturated heterocycles. The highest BCUT2D eigenvalue weighted by Crippen LogP contribution is 2.13. The molecule has 3 atom stereocenters. The van der Waals surface area contributed by atoms with E-state index in [0.717, 1.165) is 19.3 Å². The fourth-order valence-corrected chi connectivity index (χ4v) is 1.42. The van der Waals surface area contributed by atoms with Gasteiger partial charge in [-0.15, -0.1) is 0 Å². The Morgan fingerprint density at radius 2 is 1.82 bits per heavy atom. The van der Waals surface area contributed by atoms with Crippen molar-refractivity contribution in [1.29, 1.82) is 0 Å². The van der Waals surface area contributed by atoms with E-state index >= 15 is 0 Å². The van der Waals surface area contributed by atoms with E-state index in [1.807, 2.05) is 27.7 Å². The second-order valence-electron chi connectivity index (χ2n) is 5.70. The summed E-state index contributed by atoms with van der Waals surface area (Å²) in [5.74, 6) is -0.0349. The van der Waals surface area contributed by atoms with Crippen molar-refractivity contribution < 1.29 is 9.90 Å². The lowest BCUT2D eigenvalue weighted by Gasteiger charge is -2.30. The first kappa shape index (κ1) is 16.4. The van der Waals surface area contributed by atoms with E-state index in [0.29, 0.717) is 0 Å². The molecule has 0 aliphatic heterocycles. The summed E-state index contributed by atoms with van der Waals surface area (Å²) in [4.78, 5) is 11.9. The number of carbonyl (C=O) groups excluding carboxylic acids is 1.